The molecular formula is C27H30N2O4. The fraction of sp³-hybridized carbons (Fsp3) is 0.333. The topological polar surface area (TPSA) is 71.9 Å². The molecule has 0 bridgehead atoms. The lowest BCUT2D eigenvalue weighted by molar-refractivity contribution is -0.145. The first kappa shape index (κ1) is 22.8. The number of hydrogen-bond acceptors (Lipinski definition) is 5. The maximum Gasteiger partial charge on any atom is 0.320 e. The molecule has 2 atom stereocenters. The van der Waals surface area contributed by atoms with E-state index in [4.69, 9.17) is 9.47 Å². The number of aromatic nitrogens is 1. The molecule has 1 aliphatic heterocycles. The van der Waals surface area contributed by atoms with E-state index < -0.39 is 12.0 Å². The Bertz CT molecular complexity index is 1070. The number of piperidine rings is 1. The molecule has 0 saturated carbocycles. The van der Waals surface area contributed by atoms with Crippen LogP contribution in [0.5, 0.6) is 11.5 Å². The van der Waals surface area contributed by atoms with Gasteiger partial charge in [-0.3, -0.25) is 14.7 Å². The minimum absolute atomic E-state index is 0.288. The lowest BCUT2D eigenvalue weighted by Gasteiger charge is -2.39. The van der Waals surface area contributed by atoms with Crippen LogP contribution in [-0.4, -0.2) is 40.7 Å². The van der Waals surface area contributed by atoms with Gasteiger partial charge in [-0.25, -0.2) is 0 Å². The second-order valence-electron chi connectivity index (χ2n) is 8.44. The van der Waals surface area contributed by atoms with E-state index in [9.17, 15) is 9.90 Å². The number of hydrogen-bond donors (Lipinski definition) is 1. The second kappa shape index (κ2) is 10.5. The predicted molar refractivity (Wildman–Crippen MR) is 127 cm³/mol. The van der Waals surface area contributed by atoms with Crippen LogP contribution in [0, 0.1) is 6.92 Å². The van der Waals surface area contributed by atoms with Gasteiger partial charge in [0.2, 0.25) is 0 Å². The van der Waals surface area contributed by atoms with Gasteiger partial charge in [-0.15, -0.1) is 0 Å². The molecule has 2 heterocycles. The van der Waals surface area contributed by atoms with Gasteiger partial charge in [0.25, 0.3) is 0 Å². The fourth-order valence-corrected chi connectivity index (χ4v) is 4.41. The van der Waals surface area contributed by atoms with Crippen LogP contribution in [0.1, 0.15) is 47.7 Å². The van der Waals surface area contributed by atoms with Crippen LogP contribution < -0.4 is 9.47 Å². The minimum Gasteiger partial charge on any atom is -0.493 e. The summed E-state index contributed by atoms with van der Waals surface area (Å²) < 4.78 is 11.7. The number of ether oxygens (including phenoxy) is 2. The summed E-state index contributed by atoms with van der Waals surface area (Å²) in [5, 5.41) is 9.91. The summed E-state index contributed by atoms with van der Waals surface area (Å²) in [4.78, 5) is 18.8. The minimum atomic E-state index is -0.790. The van der Waals surface area contributed by atoms with Crippen LogP contribution in [0.15, 0.2) is 66.9 Å². The van der Waals surface area contributed by atoms with Crippen LogP contribution in [0.2, 0.25) is 0 Å². The third-order valence-corrected chi connectivity index (χ3v) is 6.12. The van der Waals surface area contributed by atoms with Gasteiger partial charge in [0.05, 0.1) is 18.8 Å². The van der Waals surface area contributed by atoms with Crippen molar-refractivity contribution in [1.82, 2.24) is 9.88 Å². The van der Waals surface area contributed by atoms with E-state index in [2.05, 4.69) is 9.88 Å². The lowest BCUT2D eigenvalue weighted by Crippen LogP contribution is -2.47. The lowest BCUT2D eigenvalue weighted by atomic mass is 9.93. The van der Waals surface area contributed by atoms with E-state index in [0.29, 0.717) is 31.1 Å². The maximum absolute atomic E-state index is 12.1. The monoisotopic (exact) mass is 446 g/mol. The Kier molecular flexibility index (Phi) is 7.25. The molecule has 2 aromatic carbocycles. The molecule has 6 nitrogen and oxygen atoms in total. The maximum atomic E-state index is 12.1. The first-order valence-electron chi connectivity index (χ1n) is 11.3. The Labute approximate surface area is 194 Å². The van der Waals surface area contributed by atoms with E-state index in [1.165, 1.54) is 0 Å². The fourth-order valence-electron chi connectivity index (χ4n) is 4.41. The van der Waals surface area contributed by atoms with Crippen molar-refractivity contribution in [2.45, 2.75) is 44.9 Å². The predicted octanol–water partition coefficient (Wildman–Crippen LogP) is 5.01. The summed E-state index contributed by atoms with van der Waals surface area (Å²) in [6.45, 7) is 3.13. The second-order valence-corrected chi connectivity index (χ2v) is 8.44. The van der Waals surface area contributed by atoms with Gasteiger partial charge in [0.15, 0.2) is 11.5 Å². The molecule has 1 N–H and O–H groups in total. The van der Waals surface area contributed by atoms with Crippen molar-refractivity contribution >= 4 is 5.97 Å². The molecule has 0 spiro atoms. The number of aliphatic carboxylic acids is 1. The van der Waals surface area contributed by atoms with Gasteiger partial charge in [-0.1, -0.05) is 48.9 Å². The number of nitrogens with zero attached hydrogens (tertiary/aromatic N) is 2. The van der Waals surface area contributed by atoms with E-state index in [0.717, 1.165) is 35.2 Å². The average Bonchev–Trinajstić information content (AvgIpc) is 2.85. The molecular weight excluding hydrogens is 416 g/mol. The molecule has 3 aromatic rings. The normalized spacial score (nSPS) is 17.3. The number of carboxylic acid groups (broad SMARTS) is 1. The molecule has 33 heavy (non-hydrogen) atoms. The number of methoxy groups -OCH3 is 1. The Morgan fingerprint density at radius 2 is 1.94 bits per heavy atom. The number of carboxylic acids is 1. The highest BCUT2D eigenvalue weighted by atomic mass is 16.5. The van der Waals surface area contributed by atoms with E-state index >= 15 is 0 Å². The zero-order chi connectivity index (χ0) is 23.2. The van der Waals surface area contributed by atoms with Gasteiger partial charge < -0.3 is 14.6 Å². The summed E-state index contributed by atoms with van der Waals surface area (Å²) in [6, 6.07) is 19.0. The third kappa shape index (κ3) is 5.34. The molecule has 2 unspecified atom stereocenters. The molecule has 0 radical (unpaired) electrons. The number of rotatable bonds is 8. The molecule has 0 amide bonds. The quantitative estimate of drug-likeness (QED) is 0.525. The molecule has 172 valence electrons. The molecule has 4 rings (SSSR count). The van der Waals surface area contributed by atoms with Crippen molar-refractivity contribution in [2.24, 2.45) is 0 Å². The van der Waals surface area contributed by atoms with E-state index in [1.54, 1.807) is 7.11 Å². The SMILES string of the molecule is COc1cc(C(c2ccc(C)cn2)N2CCCCC2C(=O)O)ccc1OCc1ccccc1. The van der Waals surface area contributed by atoms with Crippen LogP contribution >= 0.6 is 0 Å². The molecule has 0 aliphatic carbocycles. The number of pyridine rings is 1. The number of benzene rings is 2. The van der Waals surface area contributed by atoms with Gasteiger partial charge in [-0.05, 0) is 61.2 Å². The largest absolute Gasteiger partial charge is 0.493 e. The number of aryl methyl sites for hydroxylation is 1. The van der Waals surface area contributed by atoms with Gasteiger partial charge in [-0.2, -0.15) is 0 Å². The van der Waals surface area contributed by atoms with Crippen LogP contribution in [-0.2, 0) is 11.4 Å². The van der Waals surface area contributed by atoms with Gasteiger partial charge >= 0.3 is 5.97 Å². The molecule has 1 saturated heterocycles. The standard InChI is InChI=1S/C27H30N2O4/c1-19-11-13-22(28-17-19)26(29-15-7-6-10-23(29)27(30)31)21-12-14-24(25(16-21)32-2)33-18-20-8-4-3-5-9-20/h3-5,8-9,11-14,16-17,23,26H,6-7,10,15,18H2,1-2H3,(H,30,31). The summed E-state index contributed by atoms with van der Waals surface area (Å²) in [5.74, 6) is 0.472. The first-order chi connectivity index (χ1) is 16.1. The zero-order valence-electron chi connectivity index (χ0n) is 19.1. The summed E-state index contributed by atoms with van der Waals surface area (Å²) in [5.41, 5.74) is 3.90. The van der Waals surface area contributed by atoms with Crippen molar-refractivity contribution < 1.29 is 19.4 Å². The smallest absolute Gasteiger partial charge is 0.320 e. The van der Waals surface area contributed by atoms with Crippen LogP contribution in [0.25, 0.3) is 0 Å². The zero-order valence-corrected chi connectivity index (χ0v) is 19.1. The van der Waals surface area contributed by atoms with Crippen molar-refractivity contribution in [3.63, 3.8) is 0 Å². The highest BCUT2D eigenvalue weighted by Crippen LogP contribution is 2.38. The summed E-state index contributed by atoms with van der Waals surface area (Å²) in [7, 11) is 1.62. The Morgan fingerprint density at radius 3 is 2.64 bits per heavy atom. The highest BCUT2D eigenvalue weighted by molar-refractivity contribution is 5.73. The summed E-state index contributed by atoms with van der Waals surface area (Å²) >= 11 is 0. The first-order valence-corrected chi connectivity index (χ1v) is 11.3. The van der Waals surface area contributed by atoms with Crippen molar-refractivity contribution in [2.75, 3.05) is 13.7 Å². The Hall–Kier alpha value is -3.38. The van der Waals surface area contributed by atoms with E-state index in [1.807, 2.05) is 73.8 Å². The van der Waals surface area contributed by atoms with Crippen molar-refractivity contribution in [3.8, 4) is 11.5 Å². The Balaban J connectivity index is 1.68. The van der Waals surface area contributed by atoms with Gasteiger partial charge in [0, 0.05) is 6.20 Å². The third-order valence-electron chi connectivity index (χ3n) is 6.12. The number of carbonyl (C=O) groups is 1. The highest BCUT2D eigenvalue weighted by Gasteiger charge is 2.36. The number of likely N-dealkylation sites (tertiary alicyclic amines) is 1. The molecule has 1 aromatic heterocycles. The Morgan fingerprint density at radius 1 is 1.12 bits per heavy atom. The molecule has 6 heteroatoms. The van der Waals surface area contributed by atoms with Crippen LogP contribution in [0.3, 0.4) is 0 Å². The van der Waals surface area contributed by atoms with Crippen molar-refractivity contribution in [1.29, 1.82) is 0 Å². The van der Waals surface area contributed by atoms with Crippen LogP contribution in [0.4, 0.5) is 0 Å². The van der Waals surface area contributed by atoms with Gasteiger partial charge in [0.1, 0.15) is 12.6 Å². The molecule has 1 fully saturated rings. The van der Waals surface area contributed by atoms with E-state index in [-0.39, 0.29) is 6.04 Å². The average molecular weight is 447 g/mol. The summed E-state index contributed by atoms with van der Waals surface area (Å²) in [6.07, 6.45) is 4.34. The molecule has 1 aliphatic rings. The van der Waals surface area contributed by atoms with Crippen molar-refractivity contribution in [3.05, 3.63) is 89.2 Å².